The summed E-state index contributed by atoms with van der Waals surface area (Å²) in [6, 6.07) is 5.99. The van der Waals surface area contributed by atoms with E-state index in [1.807, 2.05) is 0 Å². The number of rotatable bonds is 6. The molecule has 120 valence electrons. The number of hydrogen-bond donors (Lipinski definition) is 1. The average Bonchev–Trinajstić information content (AvgIpc) is 3.26. The van der Waals surface area contributed by atoms with E-state index in [1.54, 1.807) is 18.2 Å². The van der Waals surface area contributed by atoms with Gasteiger partial charge in [0.2, 0.25) is 11.0 Å². The van der Waals surface area contributed by atoms with Crippen molar-refractivity contribution in [1.82, 2.24) is 10.2 Å². The van der Waals surface area contributed by atoms with Gasteiger partial charge in [0.05, 0.1) is 0 Å². The second-order valence-electron chi connectivity index (χ2n) is 4.99. The molecule has 0 spiro atoms. The lowest BCUT2D eigenvalue weighted by molar-refractivity contribution is -0.111. The summed E-state index contributed by atoms with van der Waals surface area (Å²) in [6.07, 6.45) is 5.19. The topological polar surface area (TPSA) is 64.1 Å². The number of benzene rings is 1. The molecule has 1 aliphatic carbocycles. The third-order valence-electron chi connectivity index (χ3n) is 3.13. The summed E-state index contributed by atoms with van der Waals surface area (Å²) in [7, 11) is 0. The molecule has 0 bridgehead atoms. The number of aromatic nitrogens is 2. The van der Waals surface area contributed by atoms with Crippen LogP contribution >= 0.6 is 11.3 Å². The zero-order valence-electron chi connectivity index (χ0n) is 11.9. The highest BCUT2D eigenvalue weighted by molar-refractivity contribution is 7.15. The van der Waals surface area contributed by atoms with Gasteiger partial charge in [-0.15, -0.1) is 10.2 Å². The Labute approximate surface area is 135 Å². The molecule has 1 heterocycles. The summed E-state index contributed by atoms with van der Waals surface area (Å²) in [5.74, 6) is 0.252. The fourth-order valence-corrected chi connectivity index (χ4v) is 2.78. The lowest BCUT2D eigenvalue weighted by Gasteiger charge is -2.03. The second-order valence-corrected chi connectivity index (χ2v) is 6.00. The molecule has 1 aromatic heterocycles. The Kier molecular flexibility index (Phi) is 4.61. The smallest absolute Gasteiger partial charge is 0.387 e. The Bertz CT molecular complexity index is 712. The molecule has 0 radical (unpaired) electrons. The number of ether oxygens (including phenoxy) is 1. The van der Waals surface area contributed by atoms with Crippen LogP contribution in [0, 0.1) is 0 Å². The van der Waals surface area contributed by atoms with Gasteiger partial charge in [0, 0.05) is 12.0 Å². The van der Waals surface area contributed by atoms with Crippen molar-refractivity contribution in [2.24, 2.45) is 0 Å². The van der Waals surface area contributed by atoms with Crippen LogP contribution in [0.25, 0.3) is 6.08 Å². The summed E-state index contributed by atoms with van der Waals surface area (Å²) in [4.78, 5) is 11.8. The molecule has 3 rings (SSSR count). The number of nitrogens with zero attached hydrogens (tertiary/aromatic N) is 2. The van der Waals surface area contributed by atoms with Crippen LogP contribution in [0.5, 0.6) is 5.75 Å². The van der Waals surface area contributed by atoms with Crippen molar-refractivity contribution >= 4 is 28.5 Å². The monoisotopic (exact) mass is 337 g/mol. The minimum atomic E-state index is -2.85. The van der Waals surface area contributed by atoms with Gasteiger partial charge in [-0.25, -0.2) is 0 Å². The number of carbonyl (C=O) groups excluding carboxylic acids is 1. The summed E-state index contributed by atoms with van der Waals surface area (Å²) in [5.41, 5.74) is 0.692. The van der Waals surface area contributed by atoms with Crippen LogP contribution in [0.1, 0.15) is 29.3 Å². The highest BCUT2D eigenvalue weighted by Gasteiger charge is 2.27. The van der Waals surface area contributed by atoms with Crippen molar-refractivity contribution in [3.8, 4) is 5.75 Å². The predicted molar refractivity (Wildman–Crippen MR) is 82.6 cm³/mol. The molecule has 1 fully saturated rings. The van der Waals surface area contributed by atoms with Gasteiger partial charge in [0.25, 0.3) is 0 Å². The van der Waals surface area contributed by atoms with E-state index >= 15 is 0 Å². The number of hydrogen-bond acceptors (Lipinski definition) is 5. The van der Waals surface area contributed by atoms with E-state index in [9.17, 15) is 13.6 Å². The van der Waals surface area contributed by atoms with Crippen LogP contribution in [0.2, 0.25) is 0 Å². The first-order valence-corrected chi connectivity index (χ1v) is 7.79. The summed E-state index contributed by atoms with van der Waals surface area (Å²) in [5, 5.41) is 12.0. The minimum absolute atomic E-state index is 0.0723. The van der Waals surface area contributed by atoms with Crippen LogP contribution < -0.4 is 10.1 Å². The van der Waals surface area contributed by atoms with Crippen LogP contribution in [0.3, 0.4) is 0 Å². The number of anilines is 1. The van der Waals surface area contributed by atoms with E-state index in [0.717, 1.165) is 17.8 Å². The molecule has 8 heteroatoms. The maximum Gasteiger partial charge on any atom is 0.387 e. The zero-order valence-corrected chi connectivity index (χ0v) is 12.7. The number of nitrogens with one attached hydrogen (secondary N) is 1. The Morgan fingerprint density at radius 3 is 2.70 bits per heavy atom. The van der Waals surface area contributed by atoms with Crippen molar-refractivity contribution in [3.05, 3.63) is 40.9 Å². The Balaban J connectivity index is 1.54. The Hall–Kier alpha value is -2.35. The number of amides is 1. The van der Waals surface area contributed by atoms with Gasteiger partial charge in [-0.1, -0.05) is 23.5 Å². The van der Waals surface area contributed by atoms with E-state index in [-0.39, 0.29) is 11.7 Å². The third kappa shape index (κ3) is 4.56. The molecule has 1 N–H and O–H groups in total. The summed E-state index contributed by atoms with van der Waals surface area (Å²) >= 11 is 1.39. The molecule has 0 saturated heterocycles. The first kappa shape index (κ1) is 15.5. The zero-order chi connectivity index (χ0) is 16.2. The van der Waals surface area contributed by atoms with Gasteiger partial charge < -0.3 is 4.74 Å². The van der Waals surface area contributed by atoms with Crippen molar-refractivity contribution in [2.45, 2.75) is 25.4 Å². The Morgan fingerprint density at radius 2 is 2.04 bits per heavy atom. The third-order valence-corrected chi connectivity index (χ3v) is 4.13. The largest absolute Gasteiger partial charge is 0.435 e. The molecule has 0 unspecified atom stereocenters. The maximum atomic E-state index is 12.0. The molecule has 0 atom stereocenters. The standard InChI is InChI=1S/C15H13F2N3O2S/c16-14(17)22-11-6-1-9(2-7-11)3-8-12(21)18-15-20-19-13(23-15)10-4-5-10/h1-3,6-8,10,14H,4-5H2,(H,18,20,21)/b8-3+. The summed E-state index contributed by atoms with van der Waals surface area (Å²) in [6.45, 7) is -2.85. The fourth-order valence-electron chi connectivity index (χ4n) is 1.86. The molecular formula is C15H13F2N3O2S. The maximum absolute atomic E-state index is 12.0. The van der Waals surface area contributed by atoms with Gasteiger partial charge in [-0.2, -0.15) is 8.78 Å². The van der Waals surface area contributed by atoms with E-state index < -0.39 is 6.61 Å². The van der Waals surface area contributed by atoms with Crippen molar-refractivity contribution in [2.75, 3.05) is 5.32 Å². The highest BCUT2D eigenvalue weighted by Crippen LogP contribution is 2.42. The van der Waals surface area contributed by atoms with E-state index in [0.29, 0.717) is 16.6 Å². The quantitative estimate of drug-likeness (QED) is 0.817. The van der Waals surface area contributed by atoms with Gasteiger partial charge >= 0.3 is 6.61 Å². The average molecular weight is 337 g/mol. The lowest BCUT2D eigenvalue weighted by atomic mass is 10.2. The van der Waals surface area contributed by atoms with E-state index in [1.165, 1.54) is 29.5 Å². The molecular weight excluding hydrogens is 324 g/mol. The summed E-state index contributed by atoms with van der Waals surface area (Å²) < 4.78 is 28.3. The predicted octanol–water partition coefficient (Wildman–Crippen LogP) is 3.67. The van der Waals surface area contributed by atoms with Crippen LogP contribution in [0.15, 0.2) is 30.3 Å². The molecule has 23 heavy (non-hydrogen) atoms. The molecule has 2 aromatic rings. The first-order chi connectivity index (χ1) is 11.1. The number of halogens is 2. The molecule has 1 saturated carbocycles. The van der Waals surface area contributed by atoms with Crippen LogP contribution in [0.4, 0.5) is 13.9 Å². The normalized spacial score (nSPS) is 14.4. The van der Waals surface area contributed by atoms with Gasteiger partial charge in [-0.05, 0) is 36.6 Å². The number of carbonyl (C=O) groups is 1. The minimum Gasteiger partial charge on any atom is -0.435 e. The van der Waals surface area contributed by atoms with Crippen molar-refractivity contribution < 1.29 is 18.3 Å². The lowest BCUT2D eigenvalue weighted by Crippen LogP contribution is -2.07. The first-order valence-electron chi connectivity index (χ1n) is 6.97. The molecule has 1 aliphatic rings. The molecule has 1 amide bonds. The van der Waals surface area contributed by atoms with Crippen LogP contribution in [-0.4, -0.2) is 22.7 Å². The molecule has 1 aromatic carbocycles. The van der Waals surface area contributed by atoms with Crippen molar-refractivity contribution in [1.29, 1.82) is 0 Å². The fraction of sp³-hybridized carbons (Fsp3) is 0.267. The Morgan fingerprint density at radius 1 is 1.30 bits per heavy atom. The van der Waals surface area contributed by atoms with Crippen LogP contribution in [-0.2, 0) is 4.79 Å². The number of alkyl halides is 2. The van der Waals surface area contributed by atoms with E-state index in [2.05, 4.69) is 20.3 Å². The van der Waals surface area contributed by atoms with Gasteiger partial charge in [0.1, 0.15) is 10.8 Å². The SMILES string of the molecule is O=C(/C=C/c1ccc(OC(F)F)cc1)Nc1nnc(C2CC2)s1. The van der Waals surface area contributed by atoms with Gasteiger partial charge in [-0.3, -0.25) is 10.1 Å². The van der Waals surface area contributed by atoms with E-state index in [4.69, 9.17) is 0 Å². The molecule has 0 aliphatic heterocycles. The van der Waals surface area contributed by atoms with Gasteiger partial charge in [0.15, 0.2) is 0 Å². The van der Waals surface area contributed by atoms with Crippen molar-refractivity contribution in [3.63, 3.8) is 0 Å². The molecule has 5 nitrogen and oxygen atoms in total. The second kappa shape index (κ2) is 6.82. The highest BCUT2D eigenvalue weighted by atomic mass is 32.1.